The zero-order valence-corrected chi connectivity index (χ0v) is 15.5. The summed E-state index contributed by atoms with van der Waals surface area (Å²) in [7, 11) is 0. The third-order valence-corrected chi connectivity index (χ3v) is 5.58. The maximum absolute atomic E-state index is 12.3. The first-order chi connectivity index (χ1) is 13.1. The van der Waals surface area contributed by atoms with Crippen LogP contribution in [0.15, 0.2) is 11.3 Å². The molecule has 28 heavy (non-hydrogen) atoms. The Hall–Kier alpha value is -2.80. The van der Waals surface area contributed by atoms with Crippen molar-refractivity contribution in [2.75, 3.05) is 12.4 Å². The van der Waals surface area contributed by atoms with Crippen LogP contribution in [-0.4, -0.2) is 64.6 Å². The molecule has 6 N–H and O–H groups in total. The van der Waals surface area contributed by atoms with E-state index < -0.39 is 53.0 Å². The molecule has 0 bridgehead atoms. The Kier molecular flexibility index (Phi) is 6.85. The lowest BCUT2D eigenvalue weighted by Crippen LogP contribution is -2.71. The monoisotopic (exact) mass is 415 g/mol. The Morgan fingerprint density at radius 3 is 2.61 bits per heavy atom. The second kappa shape index (κ2) is 8.93. The van der Waals surface area contributed by atoms with Gasteiger partial charge >= 0.3 is 6.09 Å². The maximum atomic E-state index is 12.3. The Balaban J connectivity index is 1.96. The van der Waals surface area contributed by atoms with E-state index in [-0.39, 0.29) is 37.2 Å². The number of β-lactam (4-membered cyclic amide) rings is 1. The largest absolute Gasteiger partial charge is 0.544 e. The lowest BCUT2D eigenvalue weighted by Gasteiger charge is -2.50. The van der Waals surface area contributed by atoms with Crippen molar-refractivity contribution in [1.82, 2.24) is 10.2 Å². The molecule has 1 saturated heterocycles. The fourth-order valence-corrected chi connectivity index (χ4v) is 4.14. The summed E-state index contributed by atoms with van der Waals surface area (Å²) in [4.78, 5) is 58.1. The SMILES string of the molecule is NC(=O)OCC1=C(C(=O)[O-])N2C(=O)[C@@H](NC(=O)CCC[C@@H]([NH3+])C(=O)[O-])[C@H]2SC1. The number of hydrogen-bond donors (Lipinski definition) is 3. The molecule has 3 amide bonds. The minimum Gasteiger partial charge on any atom is -0.544 e. The van der Waals surface area contributed by atoms with E-state index in [0.717, 1.165) is 4.90 Å². The van der Waals surface area contributed by atoms with Crippen LogP contribution < -0.4 is 27.0 Å². The Morgan fingerprint density at radius 2 is 2.04 bits per heavy atom. The lowest BCUT2D eigenvalue weighted by atomic mass is 10.0. The molecule has 0 aromatic rings. The van der Waals surface area contributed by atoms with Gasteiger partial charge in [-0.3, -0.25) is 14.5 Å². The summed E-state index contributed by atoms with van der Waals surface area (Å²) >= 11 is 1.19. The summed E-state index contributed by atoms with van der Waals surface area (Å²) in [5.74, 6) is -3.86. The minimum atomic E-state index is -1.60. The summed E-state index contributed by atoms with van der Waals surface area (Å²) in [6, 6.07) is -1.85. The van der Waals surface area contributed by atoms with Crippen molar-refractivity contribution in [2.24, 2.45) is 5.73 Å². The molecule has 0 aromatic heterocycles. The Morgan fingerprint density at radius 1 is 1.36 bits per heavy atom. The molecule has 12 nitrogen and oxygen atoms in total. The quantitative estimate of drug-likeness (QED) is 0.307. The first-order valence-electron chi connectivity index (χ1n) is 8.27. The number of thioether (sulfide) groups is 1. The molecule has 2 rings (SSSR count). The zero-order chi connectivity index (χ0) is 21.0. The van der Waals surface area contributed by atoms with Gasteiger partial charge in [0.15, 0.2) is 0 Å². The van der Waals surface area contributed by atoms with Gasteiger partial charge in [0.25, 0.3) is 5.91 Å². The Bertz CT molecular complexity index is 740. The number of ether oxygens (including phenoxy) is 1. The van der Waals surface area contributed by atoms with Gasteiger partial charge in [0, 0.05) is 24.2 Å². The molecular weight excluding hydrogens is 396 g/mol. The second-order valence-corrected chi connectivity index (χ2v) is 7.32. The van der Waals surface area contributed by atoms with Crippen LogP contribution in [-0.2, 0) is 23.9 Å². The standard InChI is InChI=1S/C15H20N4O8S/c16-7(13(22)23)2-1-3-8(20)18-9-11(21)19-10(14(24)25)6(4-27-15(17)26)5-28-12(9)19/h7,9,12H,1-5,16H2,(H2,17,26)(H,18,20)(H,22,23)(H,24,25)/p-1/t7-,9-,12-/m1/s1. The third-order valence-electron chi connectivity index (χ3n) is 4.24. The van der Waals surface area contributed by atoms with E-state index in [0.29, 0.717) is 0 Å². The molecule has 2 aliphatic heterocycles. The van der Waals surface area contributed by atoms with Crippen LogP contribution in [0.25, 0.3) is 0 Å². The molecule has 0 aliphatic carbocycles. The number of primary amides is 1. The van der Waals surface area contributed by atoms with Crippen molar-refractivity contribution in [3.05, 3.63) is 11.3 Å². The predicted molar refractivity (Wildman–Crippen MR) is 88.1 cm³/mol. The van der Waals surface area contributed by atoms with Gasteiger partial charge in [-0.05, 0) is 6.42 Å². The van der Waals surface area contributed by atoms with E-state index in [2.05, 4.69) is 15.8 Å². The van der Waals surface area contributed by atoms with Crippen LogP contribution in [0, 0.1) is 0 Å². The molecule has 0 radical (unpaired) electrons. The van der Waals surface area contributed by atoms with E-state index in [9.17, 15) is 34.2 Å². The van der Waals surface area contributed by atoms with Crippen molar-refractivity contribution in [2.45, 2.75) is 36.7 Å². The fourth-order valence-electron chi connectivity index (χ4n) is 2.81. The van der Waals surface area contributed by atoms with Crippen molar-refractivity contribution >= 4 is 41.6 Å². The number of rotatable bonds is 9. The van der Waals surface area contributed by atoms with Crippen LogP contribution in [0.1, 0.15) is 19.3 Å². The number of carboxylic acids is 2. The van der Waals surface area contributed by atoms with Crippen molar-refractivity contribution in [3.63, 3.8) is 0 Å². The van der Waals surface area contributed by atoms with Crippen molar-refractivity contribution < 1.29 is 44.7 Å². The highest BCUT2D eigenvalue weighted by Crippen LogP contribution is 2.40. The van der Waals surface area contributed by atoms with Gasteiger partial charge in [0.05, 0.1) is 17.6 Å². The number of fused-ring (bicyclic) bond motifs is 1. The van der Waals surface area contributed by atoms with Gasteiger partial charge in [-0.1, -0.05) is 0 Å². The molecular formula is C15H19N4O8S-. The van der Waals surface area contributed by atoms with Gasteiger partial charge in [-0.15, -0.1) is 11.8 Å². The van der Waals surface area contributed by atoms with Crippen LogP contribution in [0.3, 0.4) is 0 Å². The van der Waals surface area contributed by atoms with Crippen LogP contribution >= 0.6 is 11.8 Å². The van der Waals surface area contributed by atoms with E-state index in [1.54, 1.807) is 0 Å². The highest BCUT2D eigenvalue weighted by molar-refractivity contribution is 8.00. The number of aliphatic carboxylic acids is 2. The number of quaternary nitrogens is 1. The van der Waals surface area contributed by atoms with Gasteiger partial charge in [0.2, 0.25) is 5.91 Å². The Labute approximate surface area is 163 Å². The first kappa shape index (κ1) is 21.5. The average Bonchev–Trinajstić information content (AvgIpc) is 2.62. The average molecular weight is 415 g/mol. The van der Waals surface area contributed by atoms with Gasteiger partial charge in [-0.2, -0.15) is 0 Å². The lowest BCUT2D eigenvalue weighted by molar-refractivity contribution is -0.438. The summed E-state index contributed by atoms with van der Waals surface area (Å²) in [6.07, 6.45) is -0.698. The second-order valence-electron chi connectivity index (χ2n) is 6.21. The molecule has 0 unspecified atom stereocenters. The minimum absolute atomic E-state index is 0.0125. The summed E-state index contributed by atoms with van der Waals surface area (Å²) in [6.45, 7) is -0.385. The molecule has 2 aliphatic rings. The number of carbonyl (C=O) groups is 5. The number of nitrogens with zero attached hydrogens (tertiary/aromatic N) is 1. The molecule has 154 valence electrons. The van der Waals surface area contributed by atoms with E-state index in [1.165, 1.54) is 11.8 Å². The van der Waals surface area contributed by atoms with E-state index in [4.69, 9.17) is 5.73 Å². The fraction of sp³-hybridized carbons (Fsp3) is 0.533. The highest BCUT2D eigenvalue weighted by atomic mass is 32.2. The van der Waals surface area contributed by atoms with E-state index >= 15 is 0 Å². The van der Waals surface area contributed by atoms with Crippen LogP contribution in [0.4, 0.5) is 4.79 Å². The number of hydrogen-bond acceptors (Lipinski definition) is 9. The van der Waals surface area contributed by atoms with Gasteiger partial charge < -0.3 is 41.3 Å². The molecule has 0 aromatic carbocycles. The van der Waals surface area contributed by atoms with Crippen molar-refractivity contribution in [3.8, 4) is 0 Å². The van der Waals surface area contributed by atoms with Crippen LogP contribution in [0.5, 0.6) is 0 Å². The topological polar surface area (TPSA) is 210 Å². The zero-order valence-electron chi connectivity index (χ0n) is 14.7. The molecule has 3 atom stereocenters. The summed E-state index contributed by atoms with van der Waals surface area (Å²) < 4.78 is 4.59. The normalized spacial score (nSPS) is 22.0. The number of nitrogens with two attached hydrogens (primary N) is 1. The smallest absolute Gasteiger partial charge is 0.404 e. The number of carboxylic acid groups (broad SMARTS) is 2. The van der Waals surface area contributed by atoms with Gasteiger partial charge in [-0.25, -0.2) is 4.79 Å². The first-order valence-corrected chi connectivity index (χ1v) is 9.32. The third kappa shape index (κ3) is 4.72. The number of carbonyl (C=O) groups excluding carboxylic acids is 5. The molecule has 0 saturated carbocycles. The number of nitrogens with one attached hydrogen (secondary N) is 1. The molecule has 2 heterocycles. The number of amides is 3. The van der Waals surface area contributed by atoms with E-state index in [1.807, 2.05) is 0 Å². The van der Waals surface area contributed by atoms with Gasteiger partial charge in [0.1, 0.15) is 24.1 Å². The summed E-state index contributed by atoms with van der Waals surface area (Å²) in [5, 5.41) is 23.9. The summed E-state index contributed by atoms with van der Waals surface area (Å²) in [5.41, 5.74) is 8.02. The molecule has 13 heteroatoms. The maximum Gasteiger partial charge on any atom is 0.404 e. The molecule has 0 spiro atoms. The van der Waals surface area contributed by atoms with Crippen LogP contribution in [0.2, 0.25) is 0 Å². The predicted octanol–water partition coefficient (Wildman–Crippen LogP) is -4.98. The highest BCUT2D eigenvalue weighted by Gasteiger charge is 2.52. The molecule has 1 fully saturated rings. The van der Waals surface area contributed by atoms with Crippen molar-refractivity contribution in [1.29, 1.82) is 0 Å².